The number of nitrogens with one attached hydrogen (secondary N) is 1. The molecule has 2 aromatic rings. The summed E-state index contributed by atoms with van der Waals surface area (Å²) in [6.45, 7) is 5.14. The Morgan fingerprint density at radius 3 is 3.21 bits per heavy atom. The van der Waals surface area contributed by atoms with Crippen LogP contribution in [0, 0.1) is 0 Å². The Labute approximate surface area is 112 Å². The fourth-order valence-electron chi connectivity index (χ4n) is 3.10. The summed E-state index contributed by atoms with van der Waals surface area (Å²) in [4.78, 5) is 2.48. The molecule has 0 radical (unpaired) electrons. The first-order valence-electron chi connectivity index (χ1n) is 6.82. The highest BCUT2D eigenvalue weighted by Crippen LogP contribution is 2.32. The molecular formula is C14H17N5. The minimum Gasteiger partial charge on any atom is -0.384 e. The second kappa shape index (κ2) is 4.35. The second-order valence-electron chi connectivity index (χ2n) is 5.34. The Balaban J connectivity index is 1.49. The normalized spacial score (nSPS) is 21.8. The van der Waals surface area contributed by atoms with Crippen LogP contribution < -0.4 is 5.32 Å². The van der Waals surface area contributed by atoms with E-state index in [4.69, 9.17) is 0 Å². The minimum absolute atomic E-state index is 0.589. The summed E-state index contributed by atoms with van der Waals surface area (Å²) >= 11 is 0. The number of nitrogens with zero attached hydrogens (tertiary/aromatic N) is 4. The number of benzene rings is 1. The molecule has 0 bridgehead atoms. The van der Waals surface area contributed by atoms with Crippen LogP contribution in [0.1, 0.15) is 17.3 Å². The van der Waals surface area contributed by atoms with E-state index in [0.29, 0.717) is 5.92 Å². The lowest BCUT2D eigenvalue weighted by molar-refractivity contribution is 0.207. The average molecular weight is 255 g/mol. The van der Waals surface area contributed by atoms with E-state index in [9.17, 15) is 0 Å². The Kier molecular flexibility index (Phi) is 2.51. The molecule has 1 aromatic heterocycles. The van der Waals surface area contributed by atoms with Crippen LogP contribution >= 0.6 is 0 Å². The predicted molar refractivity (Wildman–Crippen MR) is 73.0 cm³/mol. The molecule has 3 heterocycles. The van der Waals surface area contributed by atoms with Gasteiger partial charge in [0, 0.05) is 37.8 Å². The second-order valence-corrected chi connectivity index (χ2v) is 5.34. The van der Waals surface area contributed by atoms with Gasteiger partial charge in [-0.05, 0) is 11.6 Å². The number of rotatable bonds is 2. The maximum Gasteiger partial charge on any atom is 0.147 e. The highest BCUT2D eigenvalue weighted by molar-refractivity contribution is 5.57. The molecule has 5 heteroatoms. The minimum atomic E-state index is 0.589. The summed E-state index contributed by atoms with van der Waals surface area (Å²) in [5.74, 6) is 1.68. The number of para-hydroxylation sites is 1. The van der Waals surface area contributed by atoms with Crippen molar-refractivity contribution >= 4 is 5.69 Å². The van der Waals surface area contributed by atoms with E-state index in [1.165, 1.54) is 11.3 Å². The molecule has 0 saturated heterocycles. The van der Waals surface area contributed by atoms with E-state index in [0.717, 1.165) is 38.5 Å². The van der Waals surface area contributed by atoms with E-state index in [-0.39, 0.29) is 0 Å². The van der Waals surface area contributed by atoms with Crippen molar-refractivity contribution in [2.45, 2.75) is 19.0 Å². The van der Waals surface area contributed by atoms with E-state index in [1.54, 1.807) is 0 Å². The quantitative estimate of drug-likeness (QED) is 0.878. The molecule has 0 amide bonds. The molecule has 1 unspecified atom stereocenters. The fourth-order valence-corrected chi connectivity index (χ4v) is 3.10. The summed E-state index contributed by atoms with van der Waals surface area (Å²) in [6, 6.07) is 8.64. The van der Waals surface area contributed by atoms with Crippen LogP contribution in [0.3, 0.4) is 0 Å². The Hall–Kier alpha value is -1.88. The lowest BCUT2D eigenvalue weighted by atomic mass is 10.0. The first-order valence-corrected chi connectivity index (χ1v) is 6.82. The number of anilines is 1. The van der Waals surface area contributed by atoms with Gasteiger partial charge < -0.3 is 9.88 Å². The van der Waals surface area contributed by atoms with Crippen molar-refractivity contribution < 1.29 is 0 Å². The van der Waals surface area contributed by atoms with Crippen molar-refractivity contribution in [1.29, 1.82) is 0 Å². The molecule has 2 aliphatic heterocycles. The maximum absolute atomic E-state index is 4.18. The van der Waals surface area contributed by atoms with Crippen molar-refractivity contribution in [3.63, 3.8) is 0 Å². The Morgan fingerprint density at radius 2 is 2.21 bits per heavy atom. The Bertz CT molecular complexity index is 591. The number of hydrogen-bond donors (Lipinski definition) is 1. The molecular weight excluding hydrogens is 238 g/mol. The molecule has 5 nitrogen and oxygen atoms in total. The Morgan fingerprint density at radius 1 is 1.26 bits per heavy atom. The standard InChI is InChI=1S/C14H17N5/c1-2-4-13-12(3-1)11(7-15-13)8-18-5-6-19-10-16-17-14(19)9-18/h1-4,10-11,15H,5-9H2. The van der Waals surface area contributed by atoms with Gasteiger partial charge in [-0.25, -0.2) is 0 Å². The van der Waals surface area contributed by atoms with E-state index in [2.05, 4.69) is 49.2 Å². The van der Waals surface area contributed by atoms with Gasteiger partial charge in [0.25, 0.3) is 0 Å². The smallest absolute Gasteiger partial charge is 0.147 e. The zero-order valence-corrected chi connectivity index (χ0v) is 10.8. The summed E-state index contributed by atoms with van der Waals surface area (Å²) < 4.78 is 2.15. The molecule has 0 aliphatic carbocycles. The lowest BCUT2D eigenvalue weighted by Crippen LogP contribution is -2.36. The third kappa shape index (κ3) is 1.90. The zero-order chi connectivity index (χ0) is 12.7. The van der Waals surface area contributed by atoms with Crippen molar-refractivity contribution in [2.75, 3.05) is 25.0 Å². The van der Waals surface area contributed by atoms with Crippen LogP contribution in [-0.4, -0.2) is 39.3 Å². The van der Waals surface area contributed by atoms with Crippen LogP contribution in [0.5, 0.6) is 0 Å². The number of aromatic nitrogens is 3. The first kappa shape index (κ1) is 11.0. The molecule has 1 atom stereocenters. The van der Waals surface area contributed by atoms with Crippen molar-refractivity contribution in [3.8, 4) is 0 Å². The molecule has 1 aromatic carbocycles. The largest absolute Gasteiger partial charge is 0.384 e. The molecule has 0 spiro atoms. The fraction of sp³-hybridized carbons (Fsp3) is 0.429. The lowest BCUT2D eigenvalue weighted by Gasteiger charge is -2.29. The van der Waals surface area contributed by atoms with Gasteiger partial charge in [-0.1, -0.05) is 18.2 Å². The van der Waals surface area contributed by atoms with E-state index < -0.39 is 0 Å². The van der Waals surface area contributed by atoms with Gasteiger partial charge in [-0.15, -0.1) is 10.2 Å². The molecule has 4 rings (SSSR count). The predicted octanol–water partition coefficient (Wildman–Crippen LogP) is 1.30. The summed E-state index contributed by atoms with van der Waals surface area (Å²) in [7, 11) is 0. The third-order valence-corrected chi connectivity index (χ3v) is 4.14. The molecule has 1 N–H and O–H groups in total. The van der Waals surface area contributed by atoms with Crippen molar-refractivity contribution in [3.05, 3.63) is 42.0 Å². The van der Waals surface area contributed by atoms with Gasteiger partial charge in [0.1, 0.15) is 12.2 Å². The SMILES string of the molecule is c1ccc2c(c1)NCC2CN1CCn2cnnc2C1. The van der Waals surface area contributed by atoms with Crippen LogP contribution in [0.2, 0.25) is 0 Å². The van der Waals surface area contributed by atoms with E-state index in [1.807, 2.05) is 6.33 Å². The average Bonchev–Trinajstić information content (AvgIpc) is 3.06. The maximum atomic E-state index is 4.18. The first-order chi connectivity index (χ1) is 9.40. The van der Waals surface area contributed by atoms with Gasteiger partial charge in [0.2, 0.25) is 0 Å². The summed E-state index contributed by atoms with van der Waals surface area (Å²) in [5.41, 5.74) is 2.75. The topological polar surface area (TPSA) is 46.0 Å². The van der Waals surface area contributed by atoms with E-state index >= 15 is 0 Å². The van der Waals surface area contributed by atoms with Gasteiger partial charge in [0.05, 0.1) is 6.54 Å². The van der Waals surface area contributed by atoms with Gasteiger partial charge in [0.15, 0.2) is 0 Å². The molecule has 19 heavy (non-hydrogen) atoms. The van der Waals surface area contributed by atoms with Crippen molar-refractivity contribution in [1.82, 2.24) is 19.7 Å². The van der Waals surface area contributed by atoms with Gasteiger partial charge in [-0.3, -0.25) is 4.90 Å². The zero-order valence-electron chi connectivity index (χ0n) is 10.8. The molecule has 0 saturated carbocycles. The summed E-state index contributed by atoms with van der Waals surface area (Å²) in [5, 5.41) is 11.7. The van der Waals surface area contributed by atoms with Crippen molar-refractivity contribution in [2.24, 2.45) is 0 Å². The monoisotopic (exact) mass is 255 g/mol. The van der Waals surface area contributed by atoms with Gasteiger partial charge >= 0.3 is 0 Å². The highest BCUT2D eigenvalue weighted by Gasteiger charge is 2.26. The van der Waals surface area contributed by atoms with Gasteiger partial charge in [-0.2, -0.15) is 0 Å². The number of fused-ring (bicyclic) bond motifs is 2. The van der Waals surface area contributed by atoms with Crippen LogP contribution in [0.15, 0.2) is 30.6 Å². The number of hydrogen-bond acceptors (Lipinski definition) is 4. The summed E-state index contributed by atoms with van der Waals surface area (Å²) in [6.07, 6.45) is 1.83. The van der Waals surface area contributed by atoms with Crippen LogP contribution in [-0.2, 0) is 13.1 Å². The van der Waals surface area contributed by atoms with Crippen LogP contribution in [0.25, 0.3) is 0 Å². The van der Waals surface area contributed by atoms with Crippen LogP contribution in [0.4, 0.5) is 5.69 Å². The third-order valence-electron chi connectivity index (χ3n) is 4.14. The molecule has 0 fully saturated rings. The highest BCUT2D eigenvalue weighted by atomic mass is 15.3. The molecule has 2 aliphatic rings. The molecule has 98 valence electrons.